The minimum atomic E-state index is -0.0701. The fourth-order valence-electron chi connectivity index (χ4n) is 0.908. The monoisotopic (exact) mass is 230 g/mol. The fraction of sp³-hybridized carbons (Fsp3) is 0.556. The molecule has 14 heavy (non-hydrogen) atoms. The number of amides is 1. The van der Waals surface area contributed by atoms with Crippen LogP contribution in [0.3, 0.4) is 0 Å². The summed E-state index contributed by atoms with van der Waals surface area (Å²) in [4.78, 5) is 15.7. The van der Waals surface area contributed by atoms with E-state index in [0.29, 0.717) is 6.54 Å². The van der Waals surface area contributed by atoms with E-state index in [-0.39, 0.29) is 11.2 Å². The van der Waals surface area contributed by atoms with Gasteiger partial charge in [0, 0.05) is 12.3 Å². The summed E-state index contributed by atoms with van der Waals surface area (Å²) in [5.41, 5.74) is 0. The predicted molar refractivity (Wildman–Crippen MR) is 65.0 cm³/mol. The van der Waals surface area contributed by atoms with E-state index in [4.69, 9.17) is 0 Å². The molecule has 0 radical (unpaired) electrons. The molecule has 0 fully saturated rings. The highest BCUT2D eigenvalue weighted by atomic mass is 32.2. The van der Waals surface area contributed by atoms with Crippen molar-refractivity contribution in [1.29, 1.82) is 0 Å². The SMILES string of the molecule is C=CCNC(=O)[C@H](C)SC1=NCCS1. The zero-order valence-electron chi connectivity index (χ0n) is 8.16. The molecular formula is C9H14N2OS2. The molecule has 0 aromatic heterocycles. The summed E-state index contributed by atoms with van der Waals surface area (Å²) >= 11 is 3.26. The molecule has 1 amide bonds. The number of carbonyl (C=O) groups is 1. The van der Waals surface area contributed by atoms with Gasteiger partial charge in [0.25, 0.3) is 0 Å². The molecule has 1 atom stereocenters. The molecule has 0 aromatic rings. The molecule has 0 spiro atoms. The Bertz CT molecular complexity index is 253. The third-order valence-corrected chi connectivity index (χ3v) is 3.93. The van der Waals surface area contributed by atoms with Crippen LogP contribution >= 0.6 is 23.5 Å². The molecule has 1 heterocycles. The van der Waals surface area contributed by atoms with Crippen LogP contribution in [-0.2, 0) is 4.79 Å². The second-order valence-electron chi connectivity index (χ2n) is 2.79. The van der Waals surface area contributed by atoms with Gasteiger partial charge < -0.3 is 5.32 Å². The van der Waals surface area contributed by atoms with Crippen molar-refractivity contribution in [1.82, 2.24) is 5.32 Å². The number of rotatable bonds is 4. The maximum Gasteiger partial charge on any atom is 0.233 e. The van der Waals surface area contributed by atoms with E-state index in [9.17, 15) is 4.79 Å². The number of aliphatic imine (C=N–C) groups is 1. The van der Waals surface area contributed by atoms with Gasteiger partial charge in [-0.15, -0.1) is 6.58 Å². The smallest absolute Gasteiger partial charge is 0.233 e. The van der Waals surface area contributed by atoms with Gasteiger partial charge in [-0.25, -0.2) is 0 Å². The number of thioether (sulfide) groups is 2. The molecule has 0 unspecified atom stereocenters. The van der Waals surface area contributed by atoms with Crippen LogP contribution in [0.5, 0.6) is 0 Å². The van der Waals surface area contributed by atoms with Crippen LogP contribution in [0.2, 0.25) is 0 Å². The van der Waals surface area contributed by atoms with Crippen molar-refractivity contribution in [3.63, 3.8) is 0 Å². The second-order valence-corrected chi connectivity index (χ2v) is 5.46. The Hall–Kier alpha value is -0.420. The summed E-state index contributed by atoms with van der Waals surface area (Å²) < 4.78 is 1.03. The Morgan fingerprint density at radius 3 is 3.29 bits per heavy atom. The van der Waals surface area contributed by atoms with Crippen LogP contribution in [0, 0.1) is 0 Å². The van der Waals surface area contributed by atoms with Crippen molar-refractivity contribution in [3.05, 3.63) is 12.7 Å². The first-order valence-corrected chi connectivity index (χ1v) is 6.33. The Morgan fingerprint density at radius 1 is 1.93 bits per heavy atom. The van der Waals surface area contributed by atoms with Gasteiger partial charge in [-0.3, -0.25) is 9.79 Å². The van der Waals surface area contributed by atoms with Crippen molar-refractivity contribution in [2.45, 2.75) is 12.2 Å². The Labute approximate surface area is 92.8 Å². The van der Waals surface area contributed by atoms with Gasteiger partial charge in [-0.2, -0.15) is 0 Å². The molecule has 0 bridgehead atoms. The number of hydrogen-bond acceptors (Lipinski definition) is 4. The third-order valence-electron chi connectivity index (χ3n) is 1.63. The van der Waals surface area contributed by atoms with Gasteiger partial charge in [-0.05, 0) is 6.92 Å². The largest absolute Gasteiger partial charge is 0.352 e. The molecule has 3 nitrogen and oxygen atoms in total. The van der Waals surface area contributed by atoms with Gasteiger partial charge in [0.15, 0.2) is 0 Å². The summed E-state index contributed by atoms with van der Waals surface area (Å²) in [6, 6.07) is 0. The van der Waals surface area contributed by atoms with Crippen molar-refractivity contribution in [2.24, 2.45) is 4.99 Å². The van der Waals surface area contributed by atoms with Gasteiger partial charge in [0.2, 0.25) is 5.91 Å². The Balaban J connectivity index is 2.29. The van der Waals surface area contributed by atoms with Crippen LogP contribution < -0.4 is 5.32 Å². The molecule has 1 aliphatic heterocycles. The second kappa shape index (κ2) is 6.14. The first-order chi connectivity index (χ1) is 6.74. The minimum Gasteiger partial charge on any atom is -0.352 e. The van der Waals surface area contributed by atoms with E-state index in [2.05, 4.69) is 16.9 Å². The van der Waals surface area contributed by atoms with E-state index >= 15 is 0 Å². The van der Waals surface area contributed by atoms with Crippen molar-refractivity contribution in [3.8, 4) is 0 Å². The normalized spacial score (nSPS) is 17.4. The number of nitrogens with one attached hydrogen (secondary N) is 1. The maximum absolute atomic E-state index is 11.4. The topological polar surface area (TPSA) is 41.5 Å². The Kier molecular flexibility index (Phi) is 5.11. The lowest BCUT2D eigenvalue weighted by Gasteiger charge is -2.09. The lowest BCUT2D eigenvalue weighted by atomic mass is 10.4. The molecule has 78 valence electrons. The van der Waals surface area contributed by atoms with Crippen molar-refractivity contribution in [2.75, 3.05) is 18.8 Å². The van der Waals surface area contributed by atoms with Crippen LogP contribution in [-0.4, -0.2) is 34.4 Å². The van der Waals surface area contributed by atoms with E-state index < -0.39 is 0 Å². The molecule has 5 heteroatoms. The highest BCUT2D eigenvalue weighted by Crippen LogP contribution is 2.25. The standard InChI is InChI=1S/C9H14N2OS2/c1-3-4-10-8(12)7(2)14-9-11-5-6-13-9/h3,7H,1,4-6H2,2H3,(H,10,12)/t7-/m0/s1. The van der Waals surface area contributed by atoms with Gasteiger partial charge >= 0.3 is 0 Å². The number of carbonyl (C=O) groups excluding carboxylic acids is 1. The molecule has 1 N–H and O–H groups in total. The van der Waals surface area contributed by atoms with Gasteiger partial charge in [-0.1, -0.05) is 29.6 Å². The minimum absolute atomic E-state index is 0.0464. The van der Waals surface area contributed by atoms with Crippen LogP contribution in [0.1, 0.15) is 6.92 Å². The molecular weight excluding hydrogens is 216 g/mol. The lowest BCUT2D eigenvalue weighted by molar-refractivity contribution is -0.120. The highest BCUT2D eigenvalue weighted by molar-refractivity contribution is 8.39. The Morgan fingerprint density at radius 2 is 2.71 bits per heavy atom. The molecule has 0 saturated heterocycles. The predicted octanol–water partition coefficient (Wildman–Crippen LogP) is 1.51. The highest BCUT2D eigenvalue weighted by Gasteiger charge is 2.17. The quantitative estimate of drug-likeness (QED) is 0.744. The summed E-state index contributed by atoms with van der Waals surface area (Å²) in [5, 5.41) is 2.69. The van der Waals surface area contributed by atoms with Crippen LogP contribution in [0.15, 0.2) is 17.6 Å². The average molecular weight is 230 g/mol. The zero-order valence-corrected chi connectivity index (χ0v) is 9.79. The molecule has 1 rings (SSSR count). The summed E-state index contributed by atoms with van der Waals surface area (Å²) in [5.74, 6) is 1.09. The van der Waals surface area contributed by atoms with E-state index in [1.807, 2.05) is 6.92 Å². The summed E-state index contributed by atoms with van der Waals surface area (Å²) in [6.45, 7) is 6.85. The molecule has 0 aromatic carbocycles. The maximum atomic E-state index is 11.4. The first-order valence-electron chi connectivity index (χ1n) is 4.46. The van der Waals surface area contributed by atoms with Crippen LogP contribution in [0.4, 0.5) is 0 Å². The number of hydrogen-bond donors (Lipinski definition) is 1. The van der Waals surface area contributed by atoms with E-state index in [1.165, 1.54) is 11.8 Å². The van der Waals surface area contributed by atoms with Crippen molar-refractivity contribution < 1.29 is 4.79 Å². The average Bonchev–Trinajstić information content (AvgIpc) is 2.66. The number of nitrogens with zero attached hydrogens (tertiary/aromatic N) is 1. The fourth-order valence-corrected chi connectivity index (χ4v) is 3.06. The van der Waals surface area contributed by atoms with Crippen LogP contribution in [0.25, 0.3) is 0 Å². The first kappa shape index (κ1) is 11.7. The molecule has 1 aliphatic rings. The molecule has 0 aliphatic carbocycles. The van der Waals surface area contributed by atoms with E-state index in [0.717, 1.165) is 16.7 Å². The molecule has 0 saturated carbocycles. The van der Waals surface area contributed by atoms with Crippen molar-refractivity contribution >= 4 is 33.8 Å². The zero-order chi connectivity index (χ0) is 10.4. The summed E-state index contributed by atoms with van der Waals surface area (Å²) in [7, 11) is 0. The lowest BCUT2D eigenvalue weighted by Crippen LogP contribution is -2.31. The summed E-state index contributed by atoms with van der Waals surface area (Å²) in [6.07, 6.45) is 1.68. The van der Waals surface area contributed by atoms with Gasteiger partial charge in [0.1, 0.15) is 4.38 Å². The van der Waals surface area contributed by atoms with Gasteiger partial charge in [0.05, 0.1) is 11.8 Å². The third kappa shape index (κ3) is 3.75. The van der Waals surface area contributed by atoms with E-state index in [1.54, 1.807) is 17.8 Å².